The molecule has 0 radical (unpaired) electrons. The van der Waals surface area contributed by atoms with Gasteiger partial charge in [0.2, 0.25) is 0 Å². The molecule has 2 aromatic heterocycles. The van der Waals surface area contributed by atoms with E-state index in [0.29, 0.717) is 5.69 Å². The third-order valence-corrected chi connectivity index (χ3v) is 3.60. The van der Waals surface area contributed by atoms with Crippen LogP contribution in [0.2, 0.25) is 0 Å². The van der Waals surface area contributed by atoms with E-state index < -0.39 is 0 Å². The summed E-state index contributed by atoms with van der Waals surface area (Å²) < 4.78 is 2.05. The third-order valence-electron chi connectivity index (χ3n) is 3.60. The Labute approximate surface area is 117 Å². The molecule has 0 saturated heterocycles. The molecule has 0 unspecified atom stereocenters. The molecule has 4 nitrogen and oxygen atoms in total. The van der Waals surface area contributed by atoms with Crippen molar-refractivity contribution in [2.24, 2.45) is 0 Å². The van der Waals surface area contributed by atoms with E-state index in [1.807, 2.05) is 18.6 Å². The monoisotopic (exact) mass is 264 g/mol. The lowest BCUT2D eigenvalue weighted by Crippen LogP contribution is -2.01. The van der Waals surface area contributed by atoms with Gasteiger partial charge in [-0.1, -0.05) is 12.1 Å². The van der Waals surface area contributed by atoms with Gasteiger partial charge in [-0.2, -0.15) is 0 Å². The molecule has 100 valence electrons. The van der Waals surface area contributed by atoms with Crippen LogP contribution in [0.25, 0.3) is 16.9 Å². The zero-order valence-electron chi connectivity index (χ0n) is 11.5. The Morgan fingerprint density at radius 3 is 2.70 bits per heavy atom. The highest BCUT2D eigenvalue weighted by Gasteiger charge is 2.12. The molecule has 0 spiro atoms. The van der Waals surface area contributed by atoms with Crippen LogP contribution in [0.3, 0.4) is 0 Å². The molecule has 0 atom stereocenters. The Hall–Kier alpha value is -2.62. The van der Waals surface area contributed by atoms with E-state index in [1.165, 1.54) is 11.1 Å². The average molecular weight is 264 g/mol. The van der Waals surface area contributed by atoms with E-state index in [-0.39, 0.29) is 0 Å². The molecule has 0 aliphatic carbocycles. The molecule has 0 bridgehead atoms. The van der Waals surface area contributed by atoms with Crippen molar-refractivity contribution >= 4 is 5.69 Å². The molecule has 0 fully saturated rings. The first kappa shape index (κ1) is 12.4. The van der Waals surface area contributed by atoms with Crippen molar-refractivity contribution in [3.8, 4) is 16.9 Å². The standard InChI is InChI=1S/C16H16N4/c1-11-4-3-5-15(12(11)2)20-10-19-9-16(20)13-8-18-7-6-14(13)17/h3-10H,1-2H3,(H2,17,18). The Morgan fingerprint density at radius 1 is 1.05 bits per heavy atom. The van der Waals surface area contributed by atoms with Crippen LogP contribution in [-0.4, -0.2) is 14.5 Å². The largest absolute Gasteiger partial charge is 0.398 e. The van der Waals surface area contributed by atoms with Crippen molar-refractivity contribution in [2.45, 2.75) is 13.8 Å². The highest BCUT2D eigenvalue weighted by atomic mass is 15.1. The second kappa shape index (κ2) is 4.81. The minimum Gasteiger partial charge on any atom is -0.398 e. The fourth-order valence-electron chi connectivity index (χ4n) is 2.30. The molecule has 2 heterocycles. The van der Waals surface area contributed by atoms with E-state index in [9.17, 15) is 0 Å². The van der Waals surface area contributed by atoms with Crippen LogP contribution in [0.15, 0.2) is 49.2 Å². The topological polar surface area (TPSA) is 56.7 Å². The minimum atomic E-state index is 0.701. The van der Waals surface area contributed by atoms with Crippen LogP contribution >= 0.6 is 0 Å². The van der Waals surface area contributed by atoms with E-state index in [0.717, 1.165) is 16.9 Å². The van der Waals surface area contributed by atoms with E-state index in [1.54, 1.807) is 18.5 Å². The Morgan fingerprint density at radius 2 is 1.90 bits per heavy atom. The van der Waals surface area contributed by atoms with Gasteiger partial charge in [0, 0.05) is 23.6 Å². The zero-order valence-corrected chi connectivity index (χ0v) is 11.5. The van der Waals surface area contributed by atoms with Gasteiger partial charge in [0.05, 0.1) is 23.9 Å². The molecule has 3 rings (SSSR count). The lowest BCUT2D eigenvalue weighted by molar-refractivity contribution is 1.04. The average Bonchev–Trinajstić information content (AvgIpc) is 2.91. The normalized spacial score (nSPS) is 10.7. The minimum absolute atomic E-state index is 0.701. The lowest BCUT2D eigenvalue weighted by Gasteiger charge is -2.13. The van der Waals surface area contributed by atoms with E-state index >= 15 is 0 Å². The van der Waals surface area contributed by atoms with Crippen LogP contribution in [-0.2, 0) is 0 Å². The van der Waals surface area contributed by atoms with Gasteiger partial charge in [0.15, 0.2) is 0 Å². The van der Waals surface area contributed by atoms with Crippen molar-refractivity contribution in [1.29, 1.82) is 0 Å². The Bertz CT molecular complexity index is 759. The number of benzene rings is 1. The fourth-order valence-corrected chi connectivity index (χ4v) is 2.30. The highest BCUT2D eigenvalue weighted by Crippen LogP contribution is 2.28. The number of nitrogens with two attached hydrogens (primary N) is 1. The predicted molar refractivity (Wildman–Crippen MR) is 80.7 cm³/mol. The lowest BCUT2D eigenvalue weighted by atomic mass is 10.1. The molecular weight excluding hydrogens is 248 g/mol. The summed E-state index contributed by atoms with van der Waals surface area (Å²) >= 11 is 0. The van der Waals surface area contributed by atoms with Crippen LogP contribution in [0.4, 0.5) is 5.69 Å². The van der Waals surface area contributed by atoms with Gasteiger partial charge in [-0.25, -0.2) is 4.98 Å². The van der Waals surface area contributed by atoms with Gasteiger partial charge in [0.25, 0.3) is 0 Å². The van der Waals surface area contributed by atoms with Crippen molar-refractivity contribution in [3.05, 3.63) is 60.3 Å². The number of rotatable bonds is 2. The number of hydrogen-bond donors (Lipinski definition) is 1. The number of nitrogens with zero attached hydrogens (tertiary/aromatic N) is 3. The van der Waals surface area contributed by atoms with Crippen molar-refractivity contribution in [1.82, 2.24) is 14.5 Å². The zero-order chi connectivity index (χ0) is 14.1. The maximum atomic E-state index is 6.05. The molecule has 20 heavy (non-hydrogen) atoms. The maximum absolute atomic E-state index is 6.05. The summed E-state index contributed by atoms with van der Waals surface area (Å²) in [4.78, 5) is 8.42. The quantitative estimate of drug-likeness (QED) is 0.773. The smallest absolute Gasteiger partial charge is 0.0997 e. The van der Waals surface area contributed by atoms with Crippen LogP contribution < -0.4 is 5.73 Å². The number of imidazole rings is 1. The number of nitrogen functional groups attached to an aromatic ring is 1. The van der Waals surface area contributed by atoms with Crippen LogP contribution in [0.5, 0.6) is 0 Å². The SMILES string of the molecule is Cc1cccc(-n2cncc2-c2cnccc2N)c1C. The molecule has 0 aliphatic rings. The third kappa shape index (κ3) is 1.95. The second-order valence-corrected chi connectivity index (χ2v) is 4.83. The number of pyridine rings is 1. The summed E-state index contributed by atoms with van der Waals surface area (Å²) in [7, 11) is 0. The van der Waals surface area contributed by atoms with Gasteiger partial charge in [-0.05, 0) is 37.1 Å². The van der Waals surface area contributed by atoms with Crippen LogP contribution in [0, 0.1) is 13.8 Å². The summed E-state index contributed by atoms with van der Waals surface area (Å²) in [5, 5.41) is 0. The summed E-state index contributed by atoms with van der Waals surface area (Å²) in [6.07, 6.45) is 7.09. The maximum Gasteiger partial charge on any atom is 0.0997 e. The van der Waals surface area contributed by atoms with Gasteiger partial charge in [0.1, 0.15) is 0 Å². The van der Waals surface area contributed by atoms with Crippen LogP contribution in [0.1, 0.15) is 11.1 Å². The Kier molecular flexibility index (Phi) is 2.99. The molecule has 4 heteroatoms. The van der Waals surface area contributed by atoms with Crippen molar-refractivity contribution in [2.75, 3.05) is 5.73 Å². The predicted octanol–water partition coefficient (Wildman–Crippen LogP) is 3.13. The number of aromatic nitrogens is 3. The highest BCUT2D eigenvalue weighted by molar-refractivity contribution is 5.74. The van der Waals surface area contributed by atoms with E-state index in [2.05, 4.69) is 40.5 Å². The molecule has 1 aromatic carbocycles. The van der Waals surface area contributed by atoms with Gasteiger partial charge >= 0.3 is 0 Å². The fraction of sp³-hybridized carbons (Fsp3) is 0.125. The van der Waals surface area contributed by atoms with Gasteiger partial charge < -0.3 is 5.73 Å². The summed E-state index contributed by atoms with van der Waals surface area (Å²) in [5.74, 6) is 0. The molecule has 0 amide bonds. The van der Waals surface area contributed by atoms with Crippen molar-refractivity contribution in [3.63, 3.8) is 0 Å². The number of aryl methyl sites for hydroxylation is 1. The second-order valence-electron chi connectivity index (χ2n) is 4.83. The summed E-state index contributed by atoms with van der Waals surface area (Å²) in [6.45, 7) is 4.22. The van der Waals surface area contributed by atoms with Gasteiger partial charge in [-0.3, -0.25) is 9.55 Å². The van der Waals surface area contributed by atoms with Gasteiger partial charge in [-0.15, -0.1) is 0 Å². The first-order valence-electron chi connectivity index (χ1n) is 6.47. The summed E-state index contributed by atoms with van der Waals surface area (Å²) in [5.41, 5.74) is 12.2. The first-order chi connectivity index (χ1) is 9.68. The number of anilines is 1. The molecule has 0 saturated carbocycles. The Balaban J connectivity index is 2.21. The first-order valence-corrected chi connectivity index (χ1v) is 6.47. The molecular formula is C16H16N4. The molecule has 3 aromatic rings. The molecule has 0 aliphatic heterocycles. The van der Waals surface area contributed by atoms with Crippen molar-refractivity contribution < 1.29 is 0 Å². The van der Waals surface area contributed by atoms with E-state index in [4.69, 9.17) is 5.73 Å². The molecule has 2 N–H and O–H groups in total. The summed E-state index contributed by atoms with van der Waals surface area (Å²) in [6, 6.07) is 8.04. The number of hydrogen-bond acceptors (Lipinski definition) is 3.